The lowest BCUT2D eigenvalue weighted by atomic mass is 10.1. The minimum absolute atomic E-state index is 0.216. The maximum atomic E-state index is 12.3. The Kier molecular flexibility index (Phi) is 6.52. The molecule has 0 aliphatic carbocycles. The van der Waals surface area contributed by atoms with Gasteiger partial charge in [-0.1, -0.05) is 18.9 Å². The summed E-state index contributed by atoms with van der Waals surface area (Å²) in [5.41, 5.74) is 6.54. The Morgan fingerprint density at radius 1 is 1.18 bits per heavy atom. The first kappa shape index (κ1) is 16.6. The molecule has 1 aromatic carbocycles. The minimum Gasteiger partial charge on any atom is -0.454 e. The van der Waals surface area contributed by atoms with Crippen molar-refractivity contribution < 1.29 is 14.3 Å². The molecule has 0 saturated carbocycles. The maximum Gasteiger partial charge on any atom is 0.231 e. The number of carbonyl (C=O) groups excluding carboxylic acids is 1. The molecule has 0 saturated heterocycles. The number of nitrogens with zero attached hydrogens (tertiary/aromatic N) is 1. The van der Waals surface area contributed by atoms with E-state index in [4.69, 9.17) is 15.2 Å². The summed E-state index contributed by atoms with van der Waals surface area (Å²) < 4.78 is 10.7. The zero-order chi connectivity index (χ0) is 15.8. The first-order valence-electron chi connectivity index (χ1n) is 8.11. The Labute approximate surface area is 132 Å². The van der Waals surface area contributed by atoms with Gasteiger partial charge in [0.1, 0.15) is 0 Å². The lowest BCUT2D eigenvalue weighted by Gasteiger charge is -2.21. The molecular weight excluding hydrogens is 280 g/mol. The van der Waals surface area contributed by atoms with E-state index < -0.39 is 0 Å². The number of ether oxygens (including phenoxy) is 2. The number of benzene rings is 1. The zero-order valence-electron chi connectivity index (χ0n) is 13.3. The van der Waals surface area contributed by atoms with Gasteiger partial charge in [-0.2, -0.15) is 0 Å². The van der Waals surface area contributed by atoms with E-state index in [9.17, 15) is 4.79 Å². The monoisotopic (exact) mass is 306 g/mol. The first-order chi connectivity index (χ1) is 10.7. The number of unbranched alkanes of at least 4 members (excludes halogenated alkanes) is 3. The van der Waals surface area contributed by atoms with Crippen molar-refractivity contribution in [3.8, 4) is 11.5 Å². The average Bonchev–Trinajstić information content (AvgIpc) is 2.99. The number of rotatable bonds is 9. The largest absolute Gasteiger partial charge is 0.454 e. The summed E-state index contributed by atoms with van der Waals surface area (Å²) in [4.78, 5) is 14.2. The van der Waals surface area contributed by atoms with Crippen LogP contribution in [0, 0.1) is 0 Å². The molecule has 1 aliphatic rings. The summed E-state index contributed by atoms with van der Waals surface area (Å²) in [6.07, 6.45) is 4.78. The topological polar surface area (TPSA) is 64.8 Å². The smallest absolute Gasteiger partial charge is 0.231 e. The Morgan fingerprint density at radius 2 is 1.95 bits per heavy atom. The van der Waals surface area contributed by atoms with Crippen LogP contribution in [0.2, 0.25) is 0 Å². The third-order valence-corrected chi connectivity index (χ3v) is 3.89. The van der Waals surface area contributed by atoms with Crippen LogP contribution in [0.15, 0.2) is 18.2 Å². The Balaban J connectivity index is 1.82. The Bertz CT molecular complexity index is 491. The van der Waals surface area contributed by atoms with Gasteiger partial charge in [-0.15, -0.1) is 0 Å². The predicted octanol–water partition coefficient (Wildman–Crippen LogP) is 2.67. The third kappa shape index (κ3) is 4.63. The number of carbonyl (C=O) groups is 1. The highest BCUT2D eigenvalue weighted by molar-refractivity contribution is 5.76. The predicted molar refractivity (Wildman–Crippen MR) is 85.8 cm³/mol. The molecular formula is C17H26N2O3. The van der Waals surface area contributed by atoms with Gasteiger partial charge in [-0.3, -0.25) is 4.79 Å². The highest BCUT2D eigenvalue weighted by Gasteiger charge is 2.16. The summed E-state index contributed by atoms with van der Waals surface area (Å²) in [5, 5.41) is 0. The second-order valence-electron chi connectivity index (χ2n) is 5.55. The van der Waals surface area contributed by atoms with Gasteiger partial charge in [0, 0.05) is 19.5 Å². The van der Waals surface area contributed by atoms with E-state index in [1.165, 1.54) is 0 Å². The average molecular weight is 306 g/mol. The third-order valence-electron chi connectivity index (χ3n) is 3.89. The lowest BCUT2D eigenvalue weighted by Crippen LogP contribution is -2.30. The highest BCUT2D eigenvalue weighted by atomic mass is 16.7. The highest BCUT2D eigenvalue weighted by Crippen LogP contribution is 2.32. The van der Waals surface area contributed by atoms with Gasteiger partial charge in [0.05, 0.1) is 0 Å². The quantitative estimate of drug-likeness (QED) is 0.712. The number of hydrogen-bond donors (Lipinski definition) is 1. The van der Waals surface area contributed by atoms with Gasteiger partial charge in [-0.05, 0) is 44.0 Å². The fourth-order valence-electron chi connectivity index (χ4n) is 2.57. The van der Waals surface area contributed by atoms with Gasteiger partial charge < -0.3 is 20.1 Å². The van der Waals surface area contributed by atoms with E-state index in [2.05, 4.69) is 0 Å². The normalized spacial score (nSPS) is 12.5. The van der Waals surface area contributed by atoms with Crippen LogP contribution in [0.3, 0.4) is 0 Å². The molecule has 1 aromatic rings. The van der Waals surface area contributed by atoms with E-state index in [0.717, 1.165) is 55.8 Å². The molecule has 0 unspecified atom stereocenters. The van der Waals surface area contributed by atoms with Crippen molar-refractivity contribution in [2.75, 3.05) is 19.9 Å². The van der Waals surface area contributed by atoms with Gasteiger partial charge in [0.15, 0.2) is 11.5 Å². The van der Waals surface area contributed by atoms with E-state index in [-0.39, 0.29) is 12.7 Å². The van der Waals surface area contributed by atoms with Gasteiger partial charge in [-0.25, -0.2) is 0 Å². The van der Waals surface area contributed by atoms with E-state index in [0.29, 0.717) is 13.0 Å². The van der Waals surface area contributed by atoms with Crippen LogP contribution in [0.5, 0.6) is 11.5 Å². The molecule has 0 spiro atoms. The van der Waals surface area contributed by atoms with Crippen molar-refractivity contribution in [2.24, 2.45) is 5.73 Å². The van der Waals surface area contributed by atoms with Crippen LogP contribution < -0.4 is 15.2 Å². The van der Waals surface area contributed by atoms with Gasteiger partial charge >= 0.3 is 0 Å². The molecule has 5 heteroatoms. The maximum absolute atomic E-state index is 12.3. The molecule has 22 heavy (non-hydrogen) atoms. The Morgan fingerprint density at radius 3 is 2.73 bits per heavy atom. The van der Waals surface area contributed by atoms with Crippen molar-refractivity contribution in [1.82, 2.24) is 4.90 Å². The SMILES string of the molecule is CCN(Cc1ccc2c(c1)OCO2)C(=O)CCCCCCN. The summed E-state index contributed by atoms with van der Waals surface area (Å²) in [6.45, 7) is 4.36. The summed E-state index contributed by atoms with van der Waals surface area (Å²) in [7, 11) is 0. The summed E-state index contributed by atoms with van der Waals surface area (Å²) >= 11 is 0. The van der Waals surface area contributed by atoms with E-state index in [1.807, 2.05) is 30.0 Å². The molecule has 122 valence electrons. The second kappa shape index (κ2) is 8.63. The van der Waals surface area contributed by atoms with Gasteiger partial charge in [0.2, 0.25) is 12.7 Å². The number of nitrogens with two attached hydrogens (primary N) is 1. The van der Waals surface area contributed by atoms with Crippen LogP contribution in [0.1, 0.15) is 44.6 Å². The molecule has 0 aromatic heterocycles. The molecule has 0 atom stereocenters. The van der Waals surface area contributed by atoms with Gasteiger partial charge in [0.25, 0.3) is 0 Å². The van der Waals surface area contributed by atoms with Crippen molar-refractivity contribution in [2.45, 2.75) is 45.6 Å². The second-order valence-corrected chi connectivity index (χ2v) is 5.55. The van der Waals surface area contributed by atoms with Crippen LogP contribution in [0.4, 0.5) is 0 Å². The Hall–Kier alpha value is -1.75. The van der Waals surface area contributed by atoms with Crippen molar-refractivity contribution in [3.63, 3.8) is 0 Å². The van der Waals surface area contributed by atoms with Crippen molar-refractivity contribution >= 4 is 5.91 Å². The van der Waals surface area contributed by atoms with Crippen molar-refractivity contribution in [3.05, 3.63) is 23.8 Å². The number of amides is 1. The first-order valence-corrected chi connectivity index (χ1v) is 8.11. The molecule has 0 radical (unpaired) electrons. The fraction of sp³-hybridized carbons (Fsp3) is 0.588. The van der Waals surface area contributed by atoms with E-state index in [1.54, 1.807) is 0 Å². The molecule has 1 amide bonds. The molecule has 5 nitrogen and oxygen atoms in total. The molecule has 2 N–H and O–H groups in total. The van der Waals surface area contributed by atoms with Crippen molar-refractivity contribution in [1.29, 1.82) is 0 Å². The fourth-order valence-corrected chi connectivity index (χ4v) is 2.57. The standard InChI is InChI=1S/C17H26N2O3/c1-2-19(17(20)7-5-3-4-6-10-18)12-14-8-9-15-16(11-14)22-13-21-15/h8-9,11H,2-7,10,12-13,18H2,1H3. The van der Waals surface area contributed by atoms with Crippen LogP contribution >= 0.6 is 0 Å². The molecule has 2 rings (SSSR count). The zero-order valence-corrected chi connectivity index (χ0v) is 13.3. The summed E-state index contributed by atoms with van der Waals surface area (Å²) in [6, 6.07) is 5.85. The van der Waals surface area contributed by atoms with E-state index >= 15 is 0 Å². The van der Waals surface area contributed by atoms with Crippen LogP contribution in [-0.2, 0) is 11.3 Å². The lowest BCUT2D eigenvalue weighted by molar-refractivity contribution is -0.131. The summed E-state index contributed by atoms with van der Waals surface area (Å²) in [5.74, 6) is 1.76. The van der Waals surface area contributed by atoms with Crippen LogP contribution in [0.25, 0.3) is 0 Å². The molecule has 0 bridgehead atoms. The number of hydrogen-bond acceptors (Lipinski definition) is 4. The number of fused-ring (bicyclic) bond motifs is 1. The molecule has 1 aliphatic heterocycles. The molecule has 1 heterocycles. The van der Waals surface area contributed by atoms with Crippen LogP contribution in [-0.4, -0.2) is 30.7 Å². The molecule has 0 fully saturated rings. The minimum atomic E-state index is 0.216.